The SMILES string of the molecule is OCCNc1nc(Nc2ccc(Cl)cc2)nc(Nc2ccc(C3=NN(c4cc(Cl)cc(Cl)c4)C(c4ccc(C(F)(F)F)cc4)C3)cc2)n1. The van der Waals surface area contributed by atoms with Gasteiger partial charge in [0.15, 0.2) is 0 Å². The average Bonchev–Trinajstić information content (AvgIpc) is 3.50. The molecule has 9 nitrogen and oxygen atoms in total. The minimum Gasteiger partial charge on any atom is -0.395 e. The Kier molecular flexibility index (Phi) is 9.88. The van der Waals surface area contributed by atoms with Gasteiger partial charge < -0.3 is 21.1 Å². The first-order chi connectivity index (χ1) is 23.0. The molecule has 0 bridgehead atoms. The Bertz CT molecular complexity index is 1910. The van der Waals surface area contributed by atoms with Crippen molar-refractivity contribution in [3.8, 4) is 0 Å². The molecule has 1 atom stereocenters. The van der Waals surface area contributed by atoms with Gasteiger partial charge in [0.1, 0.15) is 0 Å². The third-order valence-corrected chi connectivity index (χ3v) is 7.94. The maximum absolute atomic E-state index is 13.3. The Morgan fingerprint density at radius 2 is 1.29 bits per heavy atom. The number of benzene rings is 4. The van der Waals surface area contributed by atoms with Crippen LogP contribution >= 0.6 is 34.8 Å². The second kappa shape index (κ2) is 14.2. The predicted octanol–water partition coefficient (Wildman–Crippen LogP) is 9.10. The Morgan fingerprint density at radius 3 is 1.85 bits per heavy atom. The lowest BCUT2D eigenvalue weighted by Gasteiger charge is -2.24. The van der Waals surface area contributed by atoms with Crippen molar-refractivity contribution in [1.82, 2.24) is 15.0 Å². The Balaban J connectivity index is 1.25. The molecule has 1 aromatic heterocycles. The summed E-state index contributed by atoms with van der Waals surface area (Å²) in [6, 6.07) is 24.1. The van der Waals surface area contributed by atoms with Crippen molar-refractivity contribution in [3.05, 3.63) is 123 Å². The largest absolute Gasteiger partial charge is 0.416 e. The molecule has 1 aliphatic heterocycles. The molecule has 0 radical (unpaired) electrons. The third-order valence-electron chi connectivity index (χ3n) is 7.25. The van der Waals surface area contributed by atoms with E-state index in [0.29, 0.717) is 44.1 Å². The van der Waals surface area contributed by atoms with Crippen molar-refractivity contribution >= 4 is 75.4 Å². The maximum Gasteiger partial charge on any atom is 0.416 e. The van der Waals surface area contributed by atoms with Gasteiger partial charge in [-0.1, -0.05) is 59.1 Å². The van der Waals surface area contributed by atoms with Crippen LogP contribution in [0, 0.1) is 0 Å². The molecule has 1 aliphatic rings. The van der Waals surface area contributed by atoms with Gasteiger partial charge in [0.05, 0.1) is 29.6 Å². The molecule has 4 N–H and O–H groups in total. The van der Waals surface area contributed by atoms with Crippen molar-refractivity contribution < 1.29 is 18.3 Å². The number of aromatic nitrogens is 3. The quantitative estimate of drug-likeness (QED) is 0.114. The highest BCUT2D eigenvalue weighted by Crippen LogP contribution is 2.40. The van der Waals surface area contributed by atoms with Gasteiger partial charge in [-0.3, -0.25) is 5.01 Å². The van der Waals surface area contributed by atoms with Gasteiger partial charge in [0.2, 0.25) is 17.8 Å². The number of anilines is 6. The van der Waals surface area contributed by atoms with E-state index in [2.05, 4.69) is 30.9 Å². The Morgan fingerprint density at radius 1 is 0.729 bits per heavy atom. The van der Waals surface area contributed by atoms with Gasteiger partial charge in [-0.2, -0.15) is 33.2 Å². The van der Waals surface area contributed by atoms with Crippen LogP contribution in [-0.2, 0) is 6.18 Å². The number of hydrazone groups is 1. The fourth-order valence-corrected chi connectivity index (χ4v) is 5.66. The normalized spacial score (nSPS) is 14.5. The molecule has 6 rings (SSSR count). The van der Waals surface area contributed by atoms with E-state index >= 15 is 0 Å². The second-order valence-corrected chi connectivity index (χ2v) is 12.0. The summed E-state index contributed by atoms with van der Waals surface area (Å²) in [7, 11) is 0. The van der Waals surface area contributed by atoms with Crippen LogP contribution in [0.2, 0.25) is 15.1 Å². The van der Waals surface area contributed by atoms with Crippen LogP contribution in [0.4, 0.5) is 48.1 Å². The summed E-state index contributed by atoms with van der Waals surface area (Å²) >= 11 is 18.6. The van der Waals surface area contributed by atoms with Gasteiger partial charge >= 0.3 is 6.18 Å². The molecule has 4 aromatic carbocycles. The molecule has 0 amide bonds. The number of nitrogens with zero attached hydrogens (tertiary/aromatic N) is 5. The van der Waals surface area contributed by atoms with Crippen LogP contribution < -0.4 is 21.0 Å². The van der Waals surface area contributed by atoms with Crippen LogP contribution in [0.15, 0.2) is 96.1 Å². The van der Waals surface area contributed by atoms with Gasteiger partial charge in [0.25, 0.3) is 0 Å². The topological polar surface area (TPSA) is 111 Å². The van der Waals surface area contributed by atoms with Gasteiger partial charge in [0, 0.05) is 39.4 Å². The molecular formula is C33H26Cl3F3N8O. The van der Waals surface area contributed by atoms with Crippen LogP contribution in [0.25, 0.3) is 0 Å². The first kappa shape index (κ1) is 33.3. The highest BCUT2D eigenvalue weighted by Gasteiger charge is 2.33. The molecule has 15 heteroatoms. The van der Waals surface area contributed by atoms with Crippen LogP contribution in [-0.4, -0.2) is 38.9 Å². The molecule has 5 aromatic rings. The number of rotatable bonds is 10. The van der Waals surface area contributed by atoms with E-state index in [0.717, 1.165) is 23.4 Å². The summed E-state index contributed by atoms with van der Waals surface area (Å²) < 4.78 is 39.8. The zero-order valence-electron chi connectivity index (χ0n) is 24.8. The number of aliphatic hydroxyl groups excluding tert-OH is 1. The highest BCUT2D eigenvalue weighted by molar-refractivity contribution is 6.35. The number of halogens is 6. The number of alkyl halides is 3. The van der Waals surface area contributed by atoms with Crippen molar-refractivity contribution in [2.24, 2.45) is 5.10 Å². The number of hydrogen-bond donors (Lipinski definition) is 4. The molecule has 246 valence electrons. The lowest BCUT2D eigenvalue weighted by molar-refractivity contribution is -0.137. The Labute approximate surface area is 288 Å². The molecule has 2 heterocycles. The molecular weight excluding hydrogens is 688 g/mol. The second-order valence-electron chi connectivity index (χ2n) is 10.6. The van der Waals surface area contributed by atoms with E-state index in [1.807, 2.05) is 24.3 Å². The number of hydrogen-bond acceptors (Lipinski definition) is 9. The number of aliphatic hydroxyl groups is 1. The summed E-state index contributed by atoms with van der Waals surface area (Å²) in [6.07, 6.45) is -4.03. The maximum atomic E-state index is 13.3. The smallest absolute Gasteiger partial charge is 0.395 e. The van der Waals surface area contributed by atoms with E-state index in [1.54, 1.807) is 47.5 Å². The number of nitrogens with one attached hydrogen (secondary N) is 3. The standard InChI is InChI=1S/C33H26Cl3F3N8O/c34-22-7-11-26(12-8-22)42-32-44-30(40-13-14-48)43-31(45-32)41-25-9-3-19(4-10-25)28-18-29(20-1-5-21(6-2-20)33(37,38)39)47(46-28)27-16-23(35)15-24(36)17-27/h1-12,15-17,29,48H,13-14,18H2,(H3,40,41,42,43,44,45). The summed E-state index contributed by atoms with van der Waals surface area (Å²) in [5.41, 5.74) is 3.44. The summed E-state index contributed by atoms with van der Waals surface area (Å²) in [5, 5.41) is 26.5. The van der Waals surface area contributed by atoms with E-state index in [-0.39, 0.29) is 31.0 Å². The monoisotopic (exact) mass is 712 g/mol. The van der Waals surface area contributed by atoms with Gasteiger partial charge in [-0.25, -0.2) is 0 Å². The van der Waals surface area contributed by atoms with Gasteiger partial charge in [-0.05, 0) is 77.9 Å². The first-order valence-electron chi connectivity index (χ1n) is 14.5. The fraction of sp³-hybridized carbons (Fsp3) is 0.152. The van der Waals surface area contributed by atoms with E-state index in [1.165, 1.54) is 12.1 Å². The lowest BCUT2D eigenvalue weighted by Crippen LogP contribution is -2.19. The fourth-order valence-electron chi connectivity index (χ4n) is 5.02. The molecule has 0 saturated carbocycles. The van der Waals surface area contributed by atoms with Crippen molar-refractivity contribution in [2.45, 2.75) is 18.6 Å². The van der Waals surface area contributed by atoms with Crippen LogP contribution in [0.3, 0.4) is 0 Å². The molecule has 0 fully saturated rings. The van der Waals surface area contributed by atoms with Crippen molar-refractivity contribution in [3.63, 3.8) is 0 Å². The average molecular weight is 714 g/mol. The van der Waals surface area contributed by atoms with E-state index in [4.69, 9.17) is 39.9 Å². The van der Waals surface area contributed by atoms with Crippen LogP contribution in [0.1, 0.15) is 29.2 Å². The van der Waals surface area contributed by atoms with Gasteiger partial charge in [-0.15, -0.1) is 0 Å². The zero-order chi connectivity index (χ0) is 33.8. The molecule has 48 heavy (non-hydrogen) atoms. The van der Waals surface area contributed by atoms with Crippen LogP contribution in [0.5, 0.6) is 0 Å². The van der Waals surface area contributed by atoms with E-state index < -0.39 is 17.8 Å². The summed E-state index contributed by atoms with van der Waals surface area (Å²) in [6.45, 7) is 0.133. The Hall–Kier alpha value is -4.62. The van der Waals surface area contributed by atoms with Crippen molar-refractivity contribution in [2.75, 3.05) is 34.1 Å². The lowest BCUT2D eigenvalue weighted by atomic mass is 9.97. The molecule has 0 aliphatic carbocycles. The molecule has 0 spiro atoms. The minimum absolute atomic E-state index is 0.110. The third kappa shape index (κ3) is 8.08. The summed E-state index contributed by atoms with van der Waals surface area (Å²) in [4.78, 5) is 13.2. The first-order valence-corrected chi connectivity index (χ1v) is 15.7. The zero-order valence-corrected chi connectivity index (χ0v) is 27.1. The minimum atomic E-state index is -4.45. The molecule has 1 unspecified atom stereocenters. The predicted molar refractivity (Wildman–Crippen MR) is 184 cm³/mol. The van der Waals surface area contributed by atoms with E-state index in [9.17, 15) is 18.3 Å². The molecule has 0 saturated heterocycles. The van der Waals surface area contributed by atoms with Crippen molar-refractivity contribution in [1.29, 1.82) is 0 Å². The highest BCUT2D eigenvalue weighted by atomic mass is 35.5. The summed E-state index contributed by atoms with van der Waals surface area (Å²) in [5.74, 6) is 0.771.